The highest BCUT2D eigenvalue weighted by atomic mass is 19.1. The standard InChI is InChI=1S/C14H22FNO/c1-3-5-13(17)10-16-14(4-2)11-6-8-12(15)9-7-11/h6-9,13-14,16-17H,3-5,10H2,1-2H3. The van der Waals surface area contributed by atoms with Crippen molar-refractivity contribution in [2.75, 3.05) is 6.54 Å². The second-order valence-electron chi connectivity index (χ2n) is 4.36. The van der Waals surface area contributed by atoms with Crippen molar-refractivity contribution in [3.63, 3.8) is 0 Å². The molecule has 0 saturated heterocycles. The molecular weight excluding hydrogens is 217 g/mol. The first-order valence-electron chi connectivity index (χ1n) is 6.34. The van der Waals surface area contributed by atoms with Crippen molar-refractivity contribution in [1.29, 1.82) is 0 Å². The SMILES string of the molecule is CCCC(O)CNC(CC)c1ccc(F)cc1. The van der Waals surface area contributed by atoms with Gasteiger partial charge in [-0.2, -0.15) is 0 Å². The molecule has 1 rings (SSSR count). The van der Waals surface area contributed by atoms with Gasteiger partial charge in [0.05, 0.1) is 6.10 Å². The Morgan fingerprint density at radius 1 is 1.24 bits per heavy atom. The molecule has 17 heavy (non-hydrogen) atoms. The molecule has 0 aliphatic carbocycles. The maximum atomic E-state index is 12.8. The second-order valence-corrected chi connectivity index (χ2v) is 4.36. The van der Waals surface area contributed by atoms with Gasteiger partial charge in [0.2, 0.25) is 0 Å². The summed E-state index contributed by atoms with van der Waals surface area (Å²) in [6, 6.07) is 6.72. The van der Waals surface area contributed by atoms with Crippen LogP contribution in [0.5, 0.6) is 0 Å². The van der Waals surface area contributed by atoms with E-state index in [1.807, 2.05) is 0 Å². The number of aliphatic hydroxyl groups is 1. The van der Waals surface area contributed by atoms with E-state index < -0.39 is 0 Å². The van der Waals surface area contributed by atoms with Crippen LogP contribution in [0.2, 0.25) is 0 Å². The number of benzene rings is 1. The first-order chi connectivity index (χ1) is 8.17. The van der Waals surface area contributed by atoms with Crippen molar-refractivity contribution >= 4 is 0 Å². The monoisotopic (exact) mass is 239 g/mol. The minimum absolute atomic E-state index is 0.183. The van der Waals surface area contributed by atoms with E-state index in [1.165, 1.54) is 12.1 Å². The van der Waals surface area contributed by atoms with Crippen molar-refractivity contribution < 1.29 is 9.50 Å². The maximum Gasteiger partial charge on any atom is 0.123 e. The van der Waals surface area contributed by atoms with Crippen molar-refractivity contribution in [2.45, 2.75) is 45.3 Å². The van der Waals surface area contributed by atoms with Crippen LogP contribution >= 0.6 is 0 Å². The van der Waals surface area contributed by atoms with Crippen molar-refractivity contribution in [3.8, 4) is 0 Å². The molecule has 1 aromatic carbocycles. The molecule has 0 amide bonds. The maximum absolute atomic E-state index is 12.8. The van der Waals surface area contributed by atoms with Gasteiger partial charge in [0.1, 0.15) is 5.82 Å². The van der Waals surface area contributed by atoms with E-state index in [2.05, 4.69) is 19.2 Å². The molecule has 96 valence electrons. The minimum Gasteiger partial charge on any atom is -0.392 e. The third-order valence-corrected chi connectivity index (χ3v) is 2.90. The Labute approximate surface area is 103 Å². The van der Waals surface area contributed by atoms with Crippen molar-refractivity contribution in [1.82, 2.24) is 5.32 Å². The lowest BCUT2D eigenvalue weighted by Gasteiger charge is -2.19. The molecule has 2 atom stereocenters. The van der Waals surface area contributed by atoms with Crippen LogP contribution in [-0.4, -0.2) is 17.8 Å². The van der Waals surface area contributed by atoms with Gasteiger partial charge in [0, 0.05) is 12.6 Å². The zero-order valence-corrected chi connectivity index (χ0v) is 10.6. The Hall–Kier alpha value is -0.930. The Balaban J connectivity index is 2.51. The second kappa shape index (κ2) is 7.41. The molecule has 0 aliphatic heterocycles. The molecule has 0 heterocycles. The average molecular weight is 239 g/mol. The molecule has 0 bridgehead atoms. The third kappa shape index (κ3) is 4.84. The van der Waals surface area contributed by atoms with Gasteiger partial charge in [0.15, 0.2) is 0 Å². The summed E-state index contributed by atoms with van der Waals surface area (Å²) in [4.78, 5) is 0. The highest BCUT2D eigenvalue weighted by Gasteiger charge is 2.10. The van der Waals surface area contributed by atoms with E-state index in [0.29, 0.717) is 6.54 Å². The predicted molar refractivity (Wildman–Crippen MR) is 68.3 cm³/mol. The molecule has 0 aliphatic rings. The van der Waals surface area contributed by atoms with Gasteiger partial charge >= 0.3 is 0 Å². The Morgan fingerprint density at radius 3 is 2.41 bits per heavy atom. The van der Waals surface area contributed by atoms with Crippen LogP contribution in [0.3, 0.4) is 0 Å². The van der Waals surface area contributed by atoms with Crippen molar-refractivity contribution in [3.05, 3.63) is 35.6 Å². The fourth-order valence-corrected chi connectivity index (χ4v) is 1.91. The summed E-state index contributed by atoms with van der Waals surface area (Å²) in [5, 5.41) is 13.0. The molecule has 3 heteroatoms. The van der Waals surface area contributed by atoms with Crippen LogP contribution in [0.25, 0.3) is 0 Å². The summed E-state index contributed by atoms with van der Waals surface area (Å²) >= 11 is 0. The lowest BCUT2D eigenvalue weighted by atomic mass is 10.0. The summed E-state index contributed by atoms with van der Waals surface area (Å²) in [7, 11) is 0. The van der Waals surface area contributed by atoms with Crippen LogP contribution in [0.15, 0.2) is 24.3 Å². The summed E-state index contributed by atoms with van der Waals surface area (Å²) in [5.74, 6) is -0.213. The van der Waals surface area contributed by atoms with Crippen molar-refractivity contribution in [2.24, 2.45) is 0 Å². The van der Waals surface area contributed by atoms with Gasteiger partial charge in [-0.1, -0.05) is 32.4 Å². The van der Waals surface area contributed by atoms with Gasteiger partial charge in [-0.3, -0.25) is 0 Å². The van der Waals surface area contributed by atoms with Crippen LogP contribution in [0.1, 0.15) is 44.7 Å². The van der Waals surface area contributed by atoms with Crippen LogP contribution in [-0.2, 0) is 0 Å². The Morgan fingerprint density at radius 2 is 1.88 bits per heavy atom. The molecule has 0 radical (unpaired) electrons. The number of aliphatic hydroxyl groups excluding tert-OH is 1. The molecule has 0 fully saturated rings. The predicted octanol–water partition coefficient (Wildman–Crippen LogP) is 3.03. The lowest BCUT2D eigenvalue weighted by molar-refractivity contribution is 0.156. The number of rotatable bonds is 7. The largest absolute Gasteiger partial charge is 0.392 e. The number of nitrogens with one attached hydrogen (secondary N) is 1. The van der Waals surface area contributed by atoms with Crippen LogP contribution < -0.4 is 5.32 Å². The molecule has 0 aromatic heterocycles. The van der Waals surface area contributed by atoms with E-state index in [1.54, 1.807) is 12.1 Å². The average Bonchev–Trinajstić information content (AvgIpc) is 2.32. The molecule has 2 N–H and O–H groups in total. The highest BCUT2D eigenvalue weighted by molar-refractivity contribution is 5.19. The first kappa shape index (κ1) is 14.1. The molecule has 0 saturated carbocycles. The van der Waals surface area contributed by atoms with E-state index in [4.69, 9.17) is 0 Å². The molecule has 1 aromatic rings. The summed E-state index contributed by atoms with van der Waals surface area (Å²) in [6.07, 6.45) is 2.42. The normalized spacial score (nSPS) is 14.6. The van der Waals surface area contributed by atoms with Gasteiger partial charge in [0.25, 0.3) is 0 Å². The highest BCUT2D eigenvalue weighted by Crippen LogP contribution is 2.16. The van der Waals surface area contributed by atoms with Gasteiger partial charge in [-0.15, -0.1) is 0 Å². The Bertz CT molecular complexity index is 313. The third-order valence-electron chi connectivity index (χ3n) is 2.90. The number of halogens is 1. The molecule has 2 unspecified atom stereocenters. The van der Waals surface area contributed by atoms with Crippen LogP contribution in [0.4, 0.5) is 4.39 Å². The van der Waals surface area contributed by atoms with Gasteiger partial charge in [-0.05, 0) is 30.5 Å². The quantitative estimate of drug-likeness (QED) is 0.766. The first-order valence-corrected chi connectivity index (χ1v) is 6.34. The summed E-state index contributed by atoms with van der Waals surface area (Å²) in [6.45, 7) is 4.72. The van der Waals surface area contributed by atoms with E-state index in [9.17, 15) is 9.50 Å². The molecule has 2 nitrogen and oxygen atoms in total. The summed E-state index contributed by atoms with van der Waals surface area (Å²) < 4.78 is 12.8. The van der Waals surface area contributed by atoms with Gasteiger partial charge in [-0.25, -0.2) is 4.39 Å². The van der Waals surface area contributed by atoms with E-state index in [-0.39, 0.29) is 18.0 Å². The topological polar surface area (TPSA) is 32.3 Å². The van der Waals surface area contributed by atoms with Gasteiger partial charge < -0.3 is 10.4 Å². The number of hydrogen-bond donors (Lipinski definition) is 2. The Kier molecular flexibility index (Phi) is 6.16. The minimum atomic E-state index is -0.297. The zero-order chi connectivity index (χ0) is 12.7. The van der Waals surface area contributed by atoms with E-state index >= 15 is 0 Å². The molecular formula is C14H22FNO. The fourth-order valence-electron chi connectivity index (χ4n) is 1.91. The summed E-state index contributed by atoms with van der Waals surface area (Å²) in [5.41, 5.74) is 1.07. The smallest absolute Gasteiger partial charge is 0.123 e. The van der Waals surface area contributed by atoms with E-state index in [0.717, 1.165) is 24.8 Å². The molecule has 0 spiro atoms. The fraction of sp³-hybridized carbons (Fsp3) is 0.571. The zero-order valence-electron chi connectivity index (χ0n) is 10.6. The number of hydrogen-bond acceptors (Lipinski definition) is 2. The van der Waals surface area contributed by atoms with Crippen LogP contribution in [0, 0.1) is 5.82 Å². The lowest BCUT2D eigenvalue weighted by Crippen LogP contribution is -2.30.